The van der Waals surface area contributed by atoms with Crippen LogP contribution in [-0.2, 0) is 21.4 Å². The highest BCUT2D eigenvalue weighted by molar-refractivity contribution is 7.89. The summed E-state index contributed by atoms with van der Waals surface area (Å²) in [6, 6.07) is 13.1. The molecular weight excluding hydrogens is 410 g/mol. The lowest BCUT2D eigenvalue weighted by atomic mass is 9.99. The maximum Gasteiger partial charge on any atom is 0.240 e. The van der Waals surface area contributed by atoms with Gasteiger partial charge in [0.15, 0.2) is 0 Å². The van der Waals surface area contributed by atoms with Crippen LogP contribution < -0.4 is 10.0 Å². The minimum absolute atomic E-state index is 0.0486. The number of nitrogens with zero attached hydrogens (tertiary/aromatic N) is 1. The van der Waals surface area contributed by atoms with Crippen LogP contribution in [0.25, 0.3) is 0 Å². The molecule has 0 atom stereocenters. The van der Waals surface area contributed by atoms with Gasteiger partial charge in [-0.3, -0.25) is 9.69 Å². The predicted octanol–water partition coefficient (Wildman–Crippen LogP) is 3.84. The van der Waals surface area contributed by atoms with Crippen molar-refractivity contribution in [1.29, 1.82) is 0 Å². The van der Waals surface area contributed by atoms with E-state index in [0.29, 0.717) is 5.56 Å². The van der Waals surface area contributed by atoms with Gasteiger partial charge in [-0.05, 0) is 75.0 Å². The van der Waals surface area contributed by atoms with Gasteiger partial charge in [-0.15, -0.1) is 0 Å². The zero-order valence-corrected chi connectivity index (χ0v) is 19.5. The maximum absolute atomic E-state index is 12.5. The number of carbonyl (C=O) groups excluding carboxylic acids is 1. The molecule has 0 aromatic heterocycles. The molecule has 1 heterocycles. The Morgan fingerprint density at radius 1 is 1.06 bits per heavy atom. The molecule has 1 saturated heterocycles. The quantitative estimate of drug-likeness (QED) is 0.650. The van der Waals surface area contributed by atoms with Gasteiger partial charge in [-0.2, -0.15) is 0 Å². The summed E-state index contributed by atoms with van der Waals surface area (Å²) in [4.78, 5) is 14.9. The Balaban J connectivity index is 1.45. The smallest absolute Gasteiger partial charge is 0.240 e. The number of rotatable bonds is 8. The molecule has 2 N–H and O–H groups in total. The first-order chi connectivity index (χ1) is 14.7. The second-order valence-electron chi connectivity index (χ2n) is 8.62. The van der Waals surface area contributed by atoms with E-state index in [9.17, 15) is 13.2 Å². The highest BCUT2D eigenvalue weighted by Gasteiger charge is 2.17. The number of benzene rings is 2. The van der Waals surface area contributed by atoms with Crippen LogP contribution in [0.2, 0.25) is 0 Å². The lowest BCUT2D eigenvalue weighted by Gasteiger charge is -2.30. The minimum atomic E-state index is -3.63. The number of carbonyl (C=O) groups is 1. The summed E-state index contributed by atoms with van der Waals surface area (Å²) >= 11 is 0. The van der Waals surface area contributed by atoms with Gasteiger partial charge in [0.2, 0.25) is 15.9 Å². The molecule has 0 unspecified atom stereocenters. The second-order valence-corrected chi connectivity index (χ2v) is 10.4. The maximum atomic E-state index is 12.5. The van der Waals surface area contributed by atoms with E-state index in [-0.39, 0.29) is 23.8 Å². The van der Waals surface area contributed by atoms with E-state index >= 15 is 0 Å². The van der Waals surface area contributed by atoms with Crippen LogP contribution in [0.15, 0.2) is 47.4 Å². The summed E-state index contributed by atoms with van der Waals surface area (Å²) in [6.07, 6.45) is 2.57. The monoisotopic (exact) mass is 443 g/mol. The molecule has 6 nitrogen and oxygen atoms in total. The molecule has 0 saturated carbocycles. The Morgan fingerprint density at radius 2 is 1.74 bits per heavy atom. The summed E-state index contributed by atoms with van der Waals surface area (Å²) in [7, 11) is -3.63. The molecule has 168 valence electrons. The number of amides is 1. The topological polar surface area (TPSA) is 78.5 Å². The van der Waals surface area contributed by atoms with Crippen molar-refractivity contribution in [1.82, 2.24) is 9.62 Å². The van der Waals surface area contributed by atoms with E-state index in [0.717, 1.165) is 36.8 Å². The molecule has 0 bridgehead atoms. The van der Waals surface area contributed by atoms with Gasteiger partial charge in [0.1, 0.15) is 0 Å². The van der Waals surface area contributed by atoms with Gasteiger partial charge in [0.25, 0.3) is 0 Å². The highest BCUT2D eigenvalue weighted by atomic mass is 32.2. The molecule has 0 spiro atoms. The van der Waals surface area contributed by atoms with Crippen molar-refractivity contribution >= 4 is 21.6 Å². The van der Waals surface area contributed by atoms with E-state index in [1.807, 2.05) is 37.3 Å². The Labute approximate surface area is 186 Å². The molecule has 2 aromatic carbocycles. The van der Waals surface area contributed by atoms with Gasteiger partial charge < -0.3 is 5.32 Å². The molecule has 0 aliphatic carbocycles. The van der Waals surface area contributed by atoms with Crippen LogP contribution in [0, 0.1) is 19.8 Å². The van der Waals surface area contributed by atoms with Crippen LogP contribution in [-0.4, -0.2) is 38.9 Å². The number of aryl methyl sites for hydroxylation is 2. The van der Waals surface area contributed by atoms with E-state index in [1.165, 1.54) is 18.4 Å². The van der Waals surface area contributed by atoms with E-state index < -0.39 is 10.0 Å². The average molecular weight is 444 g/mol. The first-order valence-corrected chi connectivity index (χ1v) is 12.4. The van der Waals surface area contributed by atoms with Crippen LogP contribution in [0.5, 0.6) is 0 Å². The molecule has 2 aromatic rings. The number of hydrogen-bond donors (Lipinski definition) is 2. The third-order valence-electron chi connectivity index (χ3n) is 5.78. The largest absolute Gasteiger partial charge is 0.326 e. The highest BCUT2D eigenvalue weighted by Crippen LogP contribution is 2.19. The van der Waals surface area contributed by atoms with Gasteiger partial charge in [0.05, 0.1) is 4.90 Å². The van der Waals surface area contributed by atoms with Crippen LogP contribution in [0.1, 0.15) is 42.9 Å². The predicted molar refractivity (Wildman–Crippen MR) is 124 cm³/mol. The molecule has 0 radical (unpaired) electrons. The fourth-order valence-corrected chi connectivity index (χ4v) is 5.13. The average Bonchev–Trinajstić information content (AvgIpc) is 2.71. The number of nitrogens with one attached hydrogen (secondary N) is 2. The third-order valence-corrected chi connectivity index (χ3v) is 7.41. The fraction of sp³-hybridized carbons (Fsp3) is 0.458. The normalized spacial score (nSPS) is 15.7. The van der Waals surface area contributed by atoms with E-state index in [4.69, 9.17) is 0 Å². The summed E-state index contributed by atoms with van der Waals surface area (Å²) in [5.41, 5.74) is 3.65. The molecule has 3 rings (SSSR count). The van der Waals surface area contributed by atoms with Gasteiger partial charge in [0, 0.05) is 25.2 Å². The Bertz CT molecular complexity index is 995. The second kappa shape index (κ2) is 10.4. The van der Waals surface area contributed by atoms with Crippen LogP contribution in [0.4, 0.5) is 5.69 Å². The Morgan fingerprint density at radius 3 is 2.39 bits per heavy atom. The Kier molecular flexibility index (Phi) is 7.86. The lowest BCUT2D eigenvalue weighted by Crippen LogP contribution is -2.32. The van der Waals surface area contributed by atoms with Gasteiger partial charge in [-0.1, -0.05) is 36.8 Å². The number of hydrogen-bond acceptors (Lipinski definition) is 4. The van der Waals surface area contributed by atoms with Crippen molar-refractivity contribution in [3.8, 4) is 0 Å². The van der Waals surface area contributed by atoms with Gasteiger partial charge in [-0.25, -0.2) is 13.1 Å². The summed E-state index contributed by atoms with van der Waals surface area (Å²) in [6.45, 7) is 9.25. The van der Waals surface area contributed by atoms with Crippen molar-refractivity contribution < 1.29 is 13.2 Å². The number of sulfonamides is 1. The van der Waals surface area contributed by atoms with Crippen molar-refractivity contribution in [3.05, 3.63) is 59.2 Å². The molecular formula is C24H33N3O3S. The van der Waals surface area contributed by atoms with E-state index in [1.54, 1.807) is 19.1 Å². The molecule has 1 aliphatic rings. The Hall–Kier alpha value is -2.22. The zero-order chi connectivity index (χ0) is 22.4. The van der Waals surface area contributed by atoms with Crippen LogP contribution in [0.3, 0.4) is 0 Å². The van der Waals surface area contributed by atoms with E-state index in [2.05, 4.69) is 21.9 Å². The number of anilines is 1. The van der Waals surface area contributed by atoms with Crippen LogP contribution >= 0.6 is 0 Å². The molecule has 1 aliphatic heterocycles. The molecule has 7 heteroatoms. The van der Waals surface area contributed by atoms with Crippen molar-refractivity contribution in [2.24, 2.45) is 5.92 Å². The summed E-state index contributed by atoms with van der Waals surface area (Å²) in [5, 5.41) is 2.84. The lowest BCUT2D eigenvalue weighted by molar-refractivity contribution is -0.116. The standard InChI is InChI=1S/C24H33N3O3S/c1-18-11-14-27(15-12-18)17-21-5-7-22(8-6-21)26-24(28)10-13-25-31(29,30)23-9-4-19(2)16-20(23)3/h4-9,16,18,25H,10-15,17H2,1-3H3,(H,26,28). The third kappa shape index (κ3) is 6.89. The number of piperidine rings is 1. The van der Waals surface area contributed by atoms with Gasteiger partial charge >= 0.3 is 0 Å². The first kappa shape index (κ1) is 23.4. The SMILES string of the molecule is Cc1ccc(S(=O)(=O)NCCC(=O)Nc2ccc(CN3CCC(C)CC3)cc2)c(C)c1. The minimum Gasteiger partial charge on any atom is -0.326 e. The van der Waals surface area contributed by atoms with Crippen molar-refractivity contribution in [2.75, 3.05) is 25.0 Å². The molecule has 1 amide bonds. The summed E-state index contributed by atoms with van der Waals surface area (Å²) < 4.78 is 27.5. The fourth-order valence-electron chi connectivity index (χ4n) is 3.87. The molecule has 1 fully saturated rings. The first-order valence-electron chi connectivity index (χ1n) is 10.9. The summed E-state index contributed by atoms with van der Waals surface area (Å²) in [5.74, 6) is 0.598. The van der Waals surface area contributed by atoms with Crippen molar-refractivity contribution in [2.45, 2.75) is 51.5 Å². The molecule has 31 heavy (non-hydrogen) atoms. The van der Waals surface area contributed by atoms with Crippen molar-refractivity contribution in [3.63, 3.8) is 0 Å². The number of likely N-dealkylation sites (tertiary alicyclic amines) is 1. The zero-order valence-electron chi connectivity index (χ0n) is 18.6.